The smallest absolute Gasteiger partial charge is 0.0604 e. The lowest BCUT2D eigenvalue weighted by Crippen LogP contribution is -2.57. The van der Waals surface area contributed by atoms with Gasteiger partial charge in [0.15, 0.2) is 0 Å². The van der Waals surface area contributed by atoms with E-state index in [-0.39, 0.29) is 0 Å². The van der Waals surface area contributed by atoms with E-state index < -0.39 is 0 Å². The van der Waals surface area contributed by atoms with Crippen molar-refractivity contribution < 1.29 is 0 Å². The van der Waals surface area contributed by atoms with Crippen LogP contribution >= 0.6 is 0 Å². The zero-order valence-corrected chi connectivity index (χ0v) is 18.3. The van der Waals surface area contributed by atoms with Crippen LogP contribution in [0.25, 0.3) is 0 Å². The van der Waals surface area contributed by atoms with Crippen LogP contribution in [0.2, 0.25) is 0 Å². The summed E-state index contributed by atoms with van der Waals surface area (Å²) in [4.78, 5) is 8.01. The summed E-state index contributed by atoms with van der Waals surface area (Å²) in [5, 5.41) is 0. The molecule has 3 aromatic carbocycles. The van der Waals surface area contributed by atoms with Gasteiger partial charge >= 0.3 is 0 Å². The Hall–Kier alpha value is -2.46. The third-order valence-electron chi connectivity index (χ3n) is 6.93. The Labute approximate surface area is 186 Å². The van der Waals surface area contributed by atoms with E-state index in [1.807, 2.05) is 0 Å². The predicted octanol–water partition coefficient (Wildman–Crippen LogP) is 4.67. The van der Waals surface area contributed by atoms with Crippen molar-refractivity contribution in [3.8, 4) is 0 Å². The molecule has 0 amide bonds. The second kappa shape index (κ2) is 9.78. The molecule has 3 heteroatoms. The molecular formula is C28H33N3. The number of hydrogen-bond acceptors (Lipinski definition) is 3. The highest BCUT2D eigenvalue weighted by molar-refractivity contribution is 5.32. The van der Waals surface area contributed by atoms with E-state index >= 15 is 0 Å². The van der Waals surface area contributed by atoms with Crippen molar-refractivity contribution in [2.75, 3.05) is 39.3 Å². The second-order valence-corrected chi connectivity index (χ2v) is 8.97. The molecule has 0 spiro atoms. The lowest BCUT2D eigenvalue weighted by Gasteiger charge is -2.49. The normalized spacial score (nSPS) is 20.6. The third-order valence-corrected chi connectivity index (χ3v) is 6.93. The van der Waals surface area contributed by atoms with Gasteiger partial charge in [-0.1, -0.05) is 91.0 Å². The lowest BCUT2D eigenvalue weighted by molar-refractivity contribution is 0.0161. The SMILES string of the molecule is c1ccc(CN2CCN(CC3CCN3C(c3ccccc3)c3ccccc3)CC2)cc1. The molecule has 0 radical (unpaired) electrons. The summed E-state index contributed by atoms with van der Waals surface area (Å²) in [7, 11) is 0. The number of hydrogen-bond donors (Lipinski definition) is 0. The average molecular weight is 412 g/mol. The van der Waals surface area contributed by atoms with Crippen LogP contribution in [0.4, 0.5) is 0 Å². The Kier molecular flexibility index (Phi) is 6.45. The standard InChI is InChI=1S/C28H33N3/c1-4-10-24(11-5-1)22-29-18-20-30(21-19-29)23-27-16-17-31(27)28(25-12-6-2-7-13-25)26-14-8-3-9-15-26/h1-15,27-28H,16-23H2. The monoisotopic (exact) mass is 411 g/mol. The molecule has 3 aromatic rings. The second-order valence-electron chi connectivity index (χ2n) is 8.97. The lowest BCUT2D eigenvalue weighted by atomic mass is 9.90. The summed E-state index contributed by atoms with van der Waals surface area (Å²) in [6.07, 6.45) is 1.31. The van der Waals surface area contributed by atoms with Gasteiger partial charge in [0.1, 0.15) is 0 Å². The average Bonchev–Trinajstić information content (AvgIpc) is 2.83. The summed E-state index contributed by atoms with van der Waals surface area (Å²) < 4.78 is 0. The molecule has 1 atom stereocenters. The van der Waals surface area contributed by atoms with Gasteiger partial charge in [-0.05, 0) is 23.1 Å². The first-order valence-electron chi connectivity index (χ1n) is 11.7. The Bertz CT molecular complexity index is 881. The highest BCUT2D eigenvalue weighted by Gasteiger charge is 2.36. The van der Waals surface area contributed by atoms with Gasteiger partial charge in [0.2, 0.25) is 0 Å². The van der Waals surface area contributed by atoms with E-state index in [1.165, 1.54) is 62.4 Å². The van der Waals surface area contributed by atoms with Gasteiger partial charge in [-0.25, -0.2) is 0 Å². The Morgan fingerprint density at radius 3 is 1.65 bits per heavy atom. The van der Waals surface area contributed by atoms with Crippen molar-refractivity contribution in [2.45, 2.75) is 25.0 Å². The molecule has 0 bridgehead atoms. The fourth-order valence-electron chi connectivity index (χ4n) is 5.11. The van der Waals surface area contributed by atoms with E-state index in [0.29, 0.717) is 12.1 Å². The molecule has 2 fully saturated rings. The van der Waals surface area contributed by atoms with Gasteiger partial charge in [0.25, 0.3) is 0 Å². The third kappa shape index (κ3) is 4.90. The van der Waals surface area contributed by atoms with E-state index in [1.54, 1.807) is 0 Å². The molecule has 2 saturated heterocycles. The topological polar surface area (TPSA) is 9.72 Å². The zero-order valence-electron chi connectivity index (χ0n) is 18.3. The number of rotatable bonds is 7. The summed E-state index contributed by atoms with van der Waals surface area (Å²) in [5.74, 6) is 0. The number of benzene rings is 3. The largest absolute Gasteiger partial charge is 0.299 e. The molecule has 5 rings (SSSR count). The van der Waals surface area contributed by atoms with Crippen LogP contribution in [-0.2, 0) is 6.54 Å². The highest BCUT2D eigenvalue weighted by Crippen LogP contribution is 2.36. The Morgan fingerprint density at radius 1 is 0.613 bits per heavy atom. The van der Waals surface area contributed by atoms with Crippen LogP contribution in [0.3, 0.4) is 0 Å². The van der Waals surface area contributed by atoms with Crippen LogP contribution in [0.5, 0.6) is 0 Å². The van der Waals surface area contributed by atoms with Crippen LogP contribution < -0.4 is 0 Å². The predicted molar refractivity (Wildman–Crippen MR) is 128 cm³/mol. The number of likely N-dealkylation sites (tertiary alicyclic amines) is 1. The van der Waals surface area contributed by atoms with Crippen molar-refractivity contribution in [1.29, 1.82) is 0 Å². The fraction of sp³-hybridized carbons (Fsp3) is 0.357. The van der Waals surface area contributed by atoms with Crippen molar-refractivity contribution >= 4 is 0 Å². The minimum Gasteiger partial charge on any atom is -0.299 e. The maximum atomic E-state index is 2.72. The van der Waals surface area contributed by atoms with E-state index in [9.17, 15) is 0 Å². The minimum absolute atomic E-state index is 0.362. The maximum Gasteiger partial charge on any atom is 0.0604 e. The Balaban J connectivity index is 1.21. The maximum absolute atomic E-state index is 2.72. The van der Waals surface area contributed by atoms with Gasteiger partial charge in [0, 0.05) is 51.9 Å². The molecule has 2 heterocycles. The molecule has 2 aliphatic rings. The first-order valence-corrected chi connectivity index (χ1v) is 11.7. The Morgan fingerprint density at radius 2 is 1.13 bits per heavy atom. The summed E-state index contributed by atoms with van der Waals surface area (Å²) in [6, 6.07) is 34.0. The van der Waals surface area contributed by atoms with E-state index in [0.717, 1.165) is 6.54 Å². The molecule has 2 aliphatic heterocycles. The van der Waals surface area contributed by atoms with Gasteiger partial charge in [-0.2, -0.15) is 0 Å². The molecule has 160 valence electrons. The van der Waals surface area contributed by atoms with E-state index in [2.05, 4.69) is 106 Å². The van der Waals surface area contributed by atoms with Gasteiger partial charge < -0.3 is 0 Å². The molecule has 31 heavy (non-hydrogen) atoms. The van der Waals surface area contributed by atoms with Crippen molar-refractivity contribution in [3.63, 3.8) is 0 Å². The van der Waals surface area contributed by atoms with Gasteiger partial charge in [-0.3, -0.25) is 14.7 Å². The van der Waals surface area contributed by atoms with Crippen molar-refractivity contribution in [3.05, 3.63) is 108 Å². The van der Waals surface area contributed by atoms with Gasteiger partial charge in [0.05, 0.1) is 6.04 Å². The molecule has 0 saturated carbocycles. The molecule has 1 unspecified atom stereocenters. The van der Waals surface area contributed by atoms with Crippen LogP contribution in [-0.4, -0.2) is 60.0 Å². The zero-order chi connectivity index (χ0) is 20.9. The molecule has 3 nitrogen and oxygen atoms in total. The highest BCUT2D eigenvalue weighted by atomic mass is 15.3. The van der Waals surface area contributed by atoms with Crippen molar-refractivity contribution in [2.24, 2.45) is 0 Å². The quantitative estimate of drug-likeness (QED) is 0.559. The number of piperazine rings is 1. The molecule has 0 aliphatic carbocycles. The summed E-state index contributed by atoms with van der Waals surface area (Å²) in [5.41, 5.74) is 4.24. The molecule has 0 N–H and O–H groups in total. The number of nitrogens with zero attached hydrogens (tertiary/aromatic N) is 3. The molecular weight excluding hydrogens is 378 g/mol. The van der Waals surface area contributed by atoms with Crippen molar-refractivity contribution in [1.82, 2.24) is 14.7 Å². The van der Waals surface area contributed by atoms with E-state index in [4.69, 9.17) is 0 Å². The summed E-state index contributed by atoms with van der Waals surface area (Å²) >= 11 is 0. The fourth-order valence-corrected chi connectivity index (χ4v) is 5.11. The molecule has 0 aromatic heterocycles. The van der Waals surface area contributed by atoms with Crippen LogP contribution in [0.15, 0.2) is 91.0 Å². The van der Waals surface area contributed by atoms with Gasteiger partial charge in [-0.15, -0.1) is 0 Å². The first kappa shape index (κ1) is 20.4. The minimum atomic E-state index is 0.362. The summed E-state index contributed by atoms with van der Waals surface area (Å²) in [6.45, 7) is 8.15. The van der Waals surface area contributed by atoms with Crippen LogP contribution in [0.1, 0.15) is 29.2 Å². The first-order chi connectivity index (χ1) is 15.4. The van der Waals surface area contributed by atoms with Crippen LogP contribution in [0, 0.1) is 0 Å².